The van der Waals surface area contributed by atoms with E-state index in [0.29, 0.717) is 6.61 Å². The highest BCUT2D eigenvalue weighted by atomic mass is 35.5. The van der Waals surface area contributed by atoms with Crippen molar-refractivity contribution in [3.8, 4) is 0 Å². The van der Waals surface area contributed by atoms with Crippen molar-refractivity contribution in [1.29, 1.82) is 0 Å². The molecule has 1 saturated heterocycles. The van der Waals surface area contributed by atoms with Crippen molar-refractivity contribution >= 4 is 44.0 Å². The molecule has 0 unspecified atom stereocenters. The van der Waals surface area contributed by atoms with Gasteiger partial charge in [0, 0.05) is 13.2 Å². The monoisotopic (exact) mass is 402 g/mol. The Bertz CT molecular complexity index is 865. The molecule has 0 aliphatic carbocycles. The van der Waals surface area contributed by atoms with E-state index in [9.17, 15) is 13.2 Å². The van der Waals surface area contributed by atoms with Crippen LogP contribution in [0.1, 0.15) is 23.2 Å². The predicted octanol–water partition coefficient (Wildman–Crippen LogP) is 1.90. The van der Waals surface area contributed by atoms with Crippen molar-refractivity contribution in [3.63, 3.8) is 0 Å². The smallest absolute Gasteiger partial charge is 0.269 e. The summed E-state index contributed by atoms with van der Waals surface area (Å²) in [5, 5.41) is 10.2. The maximum Gasteiger partial charge on any atom is 0.269 e. The molecule has 1 atom stereocenters. The fourth-order valence-electron chi connectivity index (χ4n) is 2.25. The number of benzene rings is 1. The maximum absolute atomic E-state index is 12.2. The minimum Gasteiger partial charge on any atom is -0.377 e. The van der Waals surface area contributed by atoms with Gasteiger partial charge >= 0.3 is 0 Å². The first kappa shape index (κ1) is 18.2. The number of halogens is 1. The van der Waals surface area contributed by atoms with Crippen LogP contribution in [0.4, 0.5) is 5.13 Å². The van der Waals surface area contributed by atoms with Gasteiger partial charge in [0.15, 0.2) is 0 Å². The average molecular weight is 403 g/mol. The molecule has 2 heterocycles. The summed E-state index contributed by atoms with van der Waals surface area (Å²) in [5.41, 5.74) is 0.264. The number of ether oxygens (including phenoxy) is 1. The molecule has 3 rings (SSSR count). The lowest BCUT2D eigenvalue weighted by atomic mass is 10.2. The fourth-order valence-corrected chi connectivity index (χ4v) is 4.47. The van der Waals surface area contributed by atoms with E-state index in [2.05, 4.69) is 20.2 Å². The Morgan fingerprint density at radius 3 is 2.88 bits per heavy atom. The van der Waals surface area contributed by atoms with Crippen LogP contribution in [0, 0.1) is 0 Å². The molecule has 2 aromatic rings. The van der Waals surface area contributed by atoms with Gasteiger partial charge in [0.05, 0.1) is 16.7 Å². The second kappa shape index (κ2) is 7.75. The van der Waals surface area contributed by atoms with Crippen molar-refractivity contribution in [2.75, 3.05) is 18.5 Å². The SMILES string of the molecule is O=C(Nc1nnc(S(=O)(=O)NC[C@H]2CCCO2)s1)c1ccccc1Cl. The summed E-state index contributed by atoms with van der Waals surface area (Å²) in [6, 6.07) is 6.52. The topological polar surface area (TPSA) is 110 Å². The van der Waals surface area contributed by atoms with Gasteiger partial charge in [-0.2, -0.15) is 0 Å². The third kappa shape index (κ3) is 4.53. The summed E-state index contributed by atoms with van der Waals surface area (Å²) in [6.45, 7) is 0.826. The highest BCUT2D eigenvalue weighted by molar-refractivity contribution is 7.91. The van der Waals surface area contributed by atoms with E-state index in [4.69, 9.17) is 16.3 Å². The van der Waals surface area contributed by atoms with Gasteiger partial charge in [-0.3, -0.25) is 10.1 Å². The number of carbonyl (C=O) groups excluding carboxylic acids is 1. The molecule has 1 fully saturated rings. The largest absolute Gasteiger partial charge is 0.377 e. The van der Waals surface area contributed by atoms with Gasteiger partial charge in [0.25, 0.3) is 15.9 Å². The Morgan fingerprint density at radius 1 is 1.36 bits per heavy atom. The van der Waals surface area contributed by atoms with Crippen LogP contribution in [-0.2, 0) is 14.8 Å². The van der Waals surface area contributed by atoms with Crippen LogP contribution in [0.3, 0.4) is 0 Å². The molecule has 1 aromatic heterocycles. The van der Waals surface area contributed by atoms with Crippen molar-refractivity contribution in [2.24, 2.45) is 0 Å². The molecule has 1 aliphatic rings. The molecule has 8 nitrogen and oxygen atoms in total. The lowest BCUT2D eigenvalue weighted by Gasteiger charge is -2.09. The molecular formula is C14H15ClN4O4S2. The first-order chi connectivity index (χ1) is 12.0. The van der Waals surface area contributed by atoms with Crippen LogP contribution in [0.25, 0.3) is 0 Å². The van der Waals surface area contributed by atoms with Crippen molar-refractivity contribution in [2.45, 2.75) is 23.3 Å². The Hall–Kier alpha value is -1.59. The molecule has 11 heteroatoms. The number of aromatic nitrogens is 2. The fraction of sp³-hybridized carbons (Fsp3) is 0.357. The lowest BCUT2D eigenvalue weighted by Crippen LogP contribution is -2.31. The van der Waals surface area contributed by atoms with Gasteiger partial charge in [0.2, 0.25) is 9.47 Å². The van der Waals surface area contributed by atoms with E-state index < -0.39 is 15.9 Å². The van der Waals surface area contributed by atoms with E-state index in [0.717, 1.165) is 24.2 Å². The summed E-state index contributed by atoms with van der Waals surface area (Å²) < 4.78 is 32.0. The predicted molar refractivity (Wildman–Crippen MR) is 93.5 cm³/mol. The minimum absolute atomic E-state index is 0.0717. The standard InChI is InChI=1S/C14H15ClN4O4S2/c15-11-6-2-1-5-10(11)12(20)17-13-18-19-14(24-13)25(21,22)16-8-9-4-3-7-23-9/h1-2,5-6,9,16H,3-4,7-8H2,(H,17,18,20)/t9-/m1/s1. The van der Waals surface area contributed by atoms with Crippen LogP contribution in [0.15, 0.2) is 28.6 Å². The van der Waals surface area contributed by atoms with Crippen LogP contribution < -0.4 is 10.0 Å². The molecule has 1 aliphatic heterocycles. The highest BCUT2D eigenvalue weighted by Crippen LogP contribution is 2.22. The average Bonchev–Trinajstić information content (AvgIpc) is 3.25. The number of amides is 1. The molecular weight excluding hydrogens is 388 g/mol. The second-order valence-corrected chi connectivity index (χ2v) is 8.62. The zero-order chi connectivity index (χ0) is 17.9. The molecule has 1 aromatic carbocycles. The first-order valence-electron chi connectivity index (χ1n) is 7.46. The number of anilines is 1. The van der Waals surface area contributed by atoms with Crippen LogP contribution >= 0.6 is 22.9 Å². The van der Waals surface area contributed by atoms with E-state index in [1.807, 2.05) is 0 Å². The van der Waals surface area contributed by atoms with Crippen molar-refractivity contribution in [3.05, 3.63) is 34.9 Å². The number of rotatable bonds is 6. The number of carbonyl (C=O) groups is 1. The van der Waals surface area contributed by atoms with Gasteiger partial charge in [-0.1, -0.05) is 35.1 Å². The number of nitrogens with one attached hydrogen (secondary N) is 2. The Morgan fingerprint density at radius 2 is 2.16 bits per heavy atom. The molecule has 134 valence electrons. The molecule has 25 heavy (non-hydrogen) atoms. The number of hydrogen-bond donors (Lipinski definition) is 2. The van der Waals surface area contributed by atoms with Gasteiger partial charge in [-0.25, -0.2) is 13.1 Å². The summed E-state index contributed by atoms with van der Waals surface area (Å²) in [6.07, 6.45) is 1.61. The van der Waals surface area contributed by atoms with Crippen LogP contribution in [0.2, 0.25) is 5.02 Å². The zero-order valence-corrected chi connectivity index (χ0v) is 15.3. The van der Waals surface area contributed by atoms with Gasteiger partial charge < -0.3 is 4.74 Å². The van der Waals surface area contributed by atoms with Crippen LogP contribution in [-0.4, -0.2) is 43.8 Å². The molecule has 1 amide bonds. The van der Waals surface area contributed by atoms with Crippen LogP contribution in [0.5, 0.6) is 0 Å². The zero-order valence-electron chi connectivity index (χ0n) is 12.9. The van der Waals surface area contributed by atoms with E-state index in [1.54, 1.807) is 24.3 Å². The number of sulfonamides is 1. The summed E-state index contributed by atoms with van der Waals surface area (Å²) in [4.78, 5) is 12.2. The second-order valence-electron chi connectivity index (χ2n) is 5.29. The third-order valence-electron chi connectivity index (χ3n) is 3.50. The van der Waals surface area contributed by atoms with Gasteiger partial charge in [0.1, 0.15) is 0 Å². The van der Waals surface area contributed by atoms with Gasteiger partial charge in [-0.05, 0) is 25.0 Å². The number of hydrogen-bond acceptors (Lipinski definition) is 7. The third-order valence-corrected chi connectivity index (χ3v) is 6.46. The Balaban J connectivity index is 1.65. The minimum atomic E-state index is -3.80. The molecule has 0 bridgehead atoms. The van der Waals surface area contributed by atoms with E-state index >= 15 is 0 Å². The molecule has 0 saturated carbocycles. The van der Waals surface area contributed by atoms with Crippen molar-refractivity contribution < 1.29 is 17.9 Å². The normalized spacial score (nSPS) is 17.6. The van der Waals surface area contributed by atoms with Crippen molar-refractivity contribution in [1.82, 2.24) is 14.9 Å². The molecule has 0 radical (unpaired) electrons. The lowest BCUT2D eigenvalue weighted by molar-refractivity contribution is 0.102. The highest BCUT2D eigenvalue weighted by Gasteiger charge is 2.24. The van der Waals surface area contributed by atoms with Gasteiger partial charge in [-0.15, -0.1) is 10.2 Å². The summed E-state index contributed by atoms with van der Waals surface area (Å²) in [7, 11) is -3.80. The van der Waals surface area contributed by atoms with E-state index in [1.165, 1.54) is 0 Å². The summed E-state index contributed by atoms with van der Waals surface area (Å²) >= 11 is 6.72. The Kier molecular flexibility index (Phi) is 5.64. The Labute approximate surface area is 153 Å². The quantitative estimate of drug-likeness (QED) is 0.714. The van der Waals surface area contributed by atoms with E-state index in [-0.39, 0.29) is 32.7 Å². The molecule has 0 spiro atoms. The summed E-state index contributed by atoms with van der Waals surface area (Å²) in [5.74, 6) is -0.488. The maximum atomic E-state index is 12.2. The molecule has 2 N–H and O–H groups in total. The number of nitrogens with zero attached hydrogens (tertiary/aromatic N) is 2. The first-order valence-corrected chi connectivity index (χ1v) is 10.1.